The molecule has 0 bridgehead atoms. The molecule has 1 atom stereocenters. The van der Waals surface area contributed by atoms with Crippen molar-refractivity contribution < 1.29 is 14.3 Å². The van der Waals surface area contributed by atoms with Crippen LogP contribution in [0.2, 0.25) is 0 Å². The summed E-state index contributed by atoms with van der Waals surface area (Å²) < 4.78 is 4.83. The smallest absolute Gasteiger partial charge is 0.331 e. The minimum Gasteiger partial charge on any atom is -0.463 e. The summed E-state index contributed by atoms with van der Waals surface area (Å²) in [4.78, 5) is 30.3. The number of nitrogens with zero attached hydrogens (tertiary/aromatic N) is 2. The first-order chi connectivity index (χ1) is 10.4. The van der Waals surface area contributed by atoms with Crippen LogP contribution in [0.5, 0.6) is 0 Å². The lowest BCUT2D eigenvalue weighted by Gasteiger charge is -2.24. The van der Waals surface area contributed by atoms with E-state index in [0.717, 1.165) is 23.3 Å². The molecule has 6 nitrogen and oxygen atoms in total. The average molecular weight is 378 g/mol. The Balaban J connectivity index is 0.00000264. The second-order valence-corrected chi connectivity index (χ2v) is 7.35. The number of aliphatic imine (C=N–C) groups is 1. The quantitative estimate of drug-likeness (QED) is 0.580. The second-order valence-electron chi connectivity index (χ2n) is 4.89. The summed E-state index contributed by atoms with van der Waals surface area (Å²) in [6.45, 7) is 6.27. The SMILES string of the molecule is CCOC(=O)C=C1C=NC(N)(C(=O)CN2CSC(C)=C2C)S1.Cl. The van der Waals surface area contributed by atoms with E-state index in [1.807, 2.05) is 18.7 Å². The maximum absolute atomic E-state index is 12.5. The van der Waals surface area contributed by atoms with Crippen LogP contribution in [0.3, 0.4) is 0 Å². The number of carbonyl (C=O) groups excluding carboxylic acids is 2. The molecule has 0 fully saturated rings. The van der Waals surface area contributed by atoms with Gasteiger partial charge in [0.2, 0.25) is 10.8 Å². The molecule has 2 N–H and O–H groups in total. The molecule has 0 saturated carbocycles. The molecular formula is C14H20ClN3O3S2. The van der Waals surface area contributed by atoms with Crippen LogP contribution in [0.4, 0.5) is 0 Å². The molecule has 23 heavy (non-hydrogen) atoms. The fourth-order valence-corrected chi connectivity index (χ4v) is 3.81. The van der Waals surface area contributed by atoms with Crippen molar-refractivity contribution in [2.45, 2.75) is 25.8 Å². The van der Waals surface area contributed by atoms with Crippen molar-refractivity contribution in [2.75, 3.05) is 19.0 Å². The van der Waals surface area contributed by atoms with Gasteiger partial charge in [0.1, 0.15) is 0 Å². The number of rotatable bonds is 5. The molecule has 0 aliphatic carbocycles. The predicted octanol–water partition coefficient (Wildman–Crippen LogP) is 2.11. The molecule has 0 aromatic rings. The Morgan fingerprint density at radius 1 is 1.52 bits per heavy atom. The van der Waals surface area contributed by atoms with E-state index in [4.69, 9.17) is 10.5 Å². The minimum atomic E-state index is -1.36. The highest BCUT2D eigenvalue weighted by molar-refractivity contribution is 8.06. The van der Waals surface area contributed by atoms with Gasteiger partial charge in [-0.1, -0.05) is 11.8 Å². The molecule has 9 heteroatoms. The predicted molar refractivity (Wildman–Crippen MR) is 97.5 cm³/mol. The molecule has 0 saturated heterocycles. The fourth-order valence-electron chi connectivity index (χ4n) is 1.94. The lowest BCUT2D eigenvalue weighted by Crippen LogP contribution is -2.46. The third kappa shape index (κ3) is 4.76. The molecule has 1 unspecified atom stereocenters. The summed E-state index contributed by atoms with van der Waals surface area (Å²) in [5, 5.41) is 0. The van der Waals surface area contributed by atoms with E-state index in [-0.39, 0.29) is 24.7 Å². The number of hydrogen-bond donors (Lipinski definition) is 1. The average Bonchev–Trinajstić information content (AvgIpc) is 2.98. The van der Waals surface area contributed by atoms with Crippen molar-refractivity contribution in [1.82, 2.24) is 4.90 Å². The van der Waals surface area contributed by atoms with Gasteiger partial charge in [0, 0.05) is 27.8 Å². The van der Waals surface area contributed by atoms with Crippen molar-refractivity contribution in [3.05, 3.63) is 21.6 Å². The van der Waals surface area contributed by atoms with Crippen molar-refractivity contribution in [3.63, 3.8) is 0 Å². The normalized spacial score (nSPS) is 25.0. The third-order valence-corrected chi connectivity index (χ3v) is 5.63. The van der Waals surface area contributed by atoms with Gasteiger partial charge in [0.25, 0.3) is 0 Å². The topological polar surface area (TPSA) is 85.0 Å². The first kappa shape index (κ1) is 20.1. The van der Waals surface area contributed by atoms with E-state index in [0.29, 0.717) is 11.5 Å². The van der Waals surface area contributed by atoms with Crippen LogP contribution < -0.4 is 5.73 Å². The fraction of sp³-hybridized carbons (Fsp3) is 0.500. The molecule has 2 aliphatic heterocycles. The Morgan fingerprint density at radius 2 is 2.22 bits per heavy atom. The third-order valence-electron chi connectivity index (χ3n) is 3.36. The van der Waals surface area contributed by atoms with Gasteiger partial charge in [0.05, 0.1) is 19.0 Å². The maximum atomic E-state index is 12.5. The zero-order valence-corrected chi connectivity index (χ0v) is 15.6. The Labute approximate surface area is 150 Å². The van der Waals surface area contributed by atoms with Crippen molar-refractivity contribution in [3.8, 4) is 0 Å². The molecule has 2 aliphatic rings. The van der Waals surface area contributed by atoms with Gasteiger partial charge in [-0.25, -0.2) is 4.79 Å². The van der Waals surface area contributed by atoms with Gasteiger partial charge in [-0.05, 0) is 20.8 Å². The van der Waals surface area contributed by atoms with Crippen LogP contribution in [0.1, 0.15) is 20.8 Å². The van der Waals surface area contributed by atoms with E-state index in [9.17, 15) is 9.59 Å². The number of thioether (sulfide) groups is 2. The largest absolute Gasteiger partial charge is 0.463 e. The van der Waals surface area contributed by atoms with Crippen LogP contribution in [-0.2, 0) is 14.3 Å². The lowest BCUT2D eigenvalue weighted by atomic mass is 10.2. The zero-order chi connectivity index (χ0) is 16.3. The highest BCUT2D eigenvalue weighted by Crippen LogP contribution is 2.36. The number of esters is 1. The number of hydrogen-bond acceptors (Lipinski definition) is 8. The molecule has 2 heterocycles. The summed E-state index contributed by atoms with van der Waals surface area (Å²) in [6.07, 6.45) is 2.76. The van der Waals surface area contributed by atoms with Crippen molar-refractivity contribution in [2.24, 2.45) is 10.7 Å². The summed E-state index contributed by atoms with van der Waals surface area (Å²) >= 11 is 2.78. The van der Waals surface area contributed by atoms with Gasteiger partial charge < -0.3 is 9.64 Å². The summed E-state index contributed by atoms with van der Waals surface area (Å²) in [5.74, 6) is 0.105. The molecular weight excluding hydrogens is 358 g/mol. The number of carbonyl (C=O) groups is 2. The Bertz CT molecular complexity index is 592. The highest BCUT2D eigenvalue weighted by Gasteiger charge is 2.39. The van der Waals surface area contributed by atoms with E-state index < -0.39 is 11.0 Å². The first-order valence-corrected chi connectivity index (χ1v) is 8.66. The van der Waals surface area contributed by atoms with Crippen molar-refractivity contribution >= 4 is 53.9 Å². The number of ketones is 1. The number of allylic oxidation sites excluding steroid dienone is 3. The summed E-state index contributed by atoms with van der Waals surface area (Å²) in [5.41, 5.74) is 7.17. The Kier molecular flexibility index (Phi) is 7.19. The van der Waals surface area contributed by atoms with E-state index in [2.05, 4.69) is 4.99 Å². The van der Waals surface area contributed by atoms with Crippen LogP contribution >= 0.6 is 35.9 Å². The second kappa shape index (κ2) is 8.23. The first-order valence-electron chi connectivity index (χ1n) is 6.86. The van der Waals surface area contributed by atoms with E-state index in [1.54, 1.807) is 18.7 Å². The van der Waals surface area contributed by atoms with E-state index in [1.165, 1.54) is 17.2 Å². The van der Waals surface area contributed by atoms with E-state index >= 15 is 0 Å². The monoisotopic (exact) mass is 377 g/mol. The van der Waals surface area contributed by atoms with Crippen LogP contribution in [0.25, 0.3) is 0 Å². The summed E-state index contributed by atoms with van der Waals surface area (Å²) in [7, 11) is 0. The molecule has 0 radical (unpaired) electrons. The molecule has 2 rings (SSSR count). The van der Waals surface area contributed by atoms with Crippen LogP contribution in [0.15, 0.2) is 26.6 Å². The standard InChI is InChI=1S/C14H19N3O3S2.ClH/c1-4-20-13(19)5-11-6-16-14(15,22-11)12(18)7-17-8-21-10(3)9(17)2;/h5-6H,4,7-8,15H2,1-3H3;1H. The zero-order valence-electron chi connectivity index (χ0n) is 13.2. The highest BCUT2D eigenvalue weighted by atomic mass is 35.5. The number of halogens is 1. The lowest BCUT2D eigenvalue weighted by molar-refractivity contribution is -0.137. The molecule has 128 valence electrons. The maximum Gasteiger partial charge on any atom is 0.331 e. The van der Waals surface area contributed by atoms with Crippen LogP contribution in [-0.4, -0.2) is 46.9 Å². The number of nitrogens with two attached hydrogens (primary N) is 1. The van der Waals surface area contributed by atoms with Gasteiger partial charge in [0.15, 0.2) is 0 Å². The molecule has 0 spiro atoms. The van der Waals surface area contributed by atoms with Crippen molar-refractivity contribution in [1.29, 1.82) is 0 Å². The van der Waals surface area contributed by atoms with Crippen LogP contribution in [0, 0.1) is 0 Å². The number of Topliss-reactive ketones (excluding diaryl/α,β-unsaturated/α-hetero) is 1. The number of ether oxygens (including phenoxy) is 1. The Hall–Kier alpha value is -0.960. The molecule has 0 aromatic carbocycles. The van der Waals surface area contributed by atoms with Gasteiger partial charge >= 0.3 is 5.97 Å². The summed E-state index contributed by atoms with van der Waals surface area (Å²) in [6, 6.07) is 0. The van der Waals surface area contributed by atoms with Gasteiger partial charge in [-0.15, -0.1) is 24.2 Å². The minimum absolute atomic E-state index is 0. The Morgan fingerprint density at radius 3 is 2.78 bits per heavy atom. The molecule has 0 amide bonds. The van der Waals surface area contributed by atoms with Gasteiger partial charge in [-0.3, -0.25) is 15.5 Å². The van der Waals surface area contributed by atoms with Gasteiger partial charge in [-0.2, -0.15) is 0 Å². The molecule has 0 aromatic heterocycles.